The summed E-state index contributed by atoms with van der Waals surface area (Å²) in [5.74, 6) is 0.204. The molecule has 0 radical (unpaired) electrons. The Morgan fingerprint density at radius 1 is 1.67 bits per heavy atom. The molecule has 0 saturated heterocycles. The normalized spacial score (nSPS) is 13.2. The summed E-state index contributed by atoms with van der Waals surface area (Å²) < 4.78 is 0. The van der Waals surface area contributed by atoms with Crippen LogP contribution in [0.2, 0.25) is 0 Å². The molecule has 0 unspecified atom stereocenters. The second-order valence-corrected chi connectivity index (χ2v) is 2.44. The van der Waals surface area contributed by atoms with Gasteiger partial charge >= 0.3 is 0 Å². The minimum atomic E-state index is -0.260. The average Bonchev–Trinajstić information content (AvgIpc) is 1.63. The smallest absolute Gasteiger partial charge is 0.129 e. The Hall–Kier alpha value is -0.370. The topological polar surface area (TPSA) is 37.3 Å². The van der Waals surface area contributed by atoms with Crippen LogP contribution in [-0.4, -0.2) is 17.0 Å². The van der Waals surface area contributed by atoms with E-state index in [9.17, 15) is 4.79 Å². The van der Waals surface area contributed by atoms with Crippen molar-refractivity contribution in [1.82, 2.24) is 0 Å². The maximum absolute atomic E-state index is 10.3. The van der Waals surface area contributed by atoms with Gasteiger partial charge in [-0.2, -0.15) is 0 Å². The predicted molar refractivity (Wildman–Crippen MR) is 36.2 cm³/mol. The minimum Gasteiger partial charge on any atom is -0.393 e. The van der Waals surface area contributed by atoms with E-state index in [1.807, 2.05) is 0 Å². The summed E-state index contributed by atoms with van der Waals surface area (Å²) in [4.78, 5) is 10.3. The van der Waals surface area contributed by atoms with Crippen molar-refractivity contribution in [3.63, 3.8) is 0 Å². The van der Waals surface area contributed by atoms with E-state index in [0.717, 1.165) is 12.8 Å². The molecule has 0 aromatic heterocycles. The third kappa shape index (κ3) is 7.63. The predicted octanol–water partition coefficient (Wildman–Crippen LogP) is 1.13. The van der Waals surface area contributed by atoms with Crippen LogP contribution in [0.4, 0.5) is 0 Å². The first-order chi connectivity index (χ1) is 4.13. The van der Waals surface area contributed by atoms with Crippen molar-refractivity contribution >= 4 is 5.78 Å². The Kier molecular flexibility index (Phi) is 4.32. The van der Waals surface area contributed by atoms with Gasteiger partial charge in [-0.25, -0.2) is 0 Å². The van der Waals surface area contributed by atoms with Crippen molar-refractivity contribution < 1.29 is 9.90 Å². The Morgan fingerprint density at radius 3 is 2.56 bits per heavy atom. The second-order valence-electron chi connectivity index (χ2n) is 2.44. The van der Waals surface area contributed by atoms with E-state index in [0.29, 0.717) is 6.42 Å². The zero-order valence-corrected chi connectivity index (χ0v) is 6.05. The highest BCUT2D eigenvalue weighted by Gasteiger charge is 1.96. The van der Waals surface area contributed by atoms with Crippen LogP contribution in [0.25, 0.3) is 0 Å². The van der Waals surface area contributed by atoms with Gasteiger partial charge in [-0.15, -0.1) is 0 Å². The zero-order valence-electron chi connectivity index (χ0n) is 6.05. The second kappa shape index (κ2) is 4.50. The molecule has 0 aliphatic rings. The fourth-order valence-corrected chi connectivity index (χ4v) is 0.646. The van der Waals surface area contributed by atoms with E-state index in [1.54, 1.807) is 13.8 Å². The molecule has 0 amide bonds. The number of rotatable bonds is 4. The largest absolute Gasteiger partial charge is 0.393 e. The number of hydrogen-bond acceptors (Lipinski definition) is 2. The summed E-state index contributed by atoms with van der Waals surface area (Å²) in [7, 11) is 0. The lowest BCUT2D eigenvalue weighted by Crippen LogP contribution is -2.00. The van der Waals surface area contributed by atoms with Crippen LogP contribution >= 0.6 is 0 Å². The molecule has 0 saturated carbocycles. The van der Waals surface area contributed by atoms with Crippen LogP contribution in [0.15, 0.2) is 0 Å². The first-order valence-corrected chi connectivity index (χ1v) is 3.30. The average molecular weight is 130 g/mol. The molecule has 54 valence electrons. The standard InChI is InChI=1S/C7H14O2/c1-6(8)4-3-5-7(2)9/h6,8H,3-5H2,1-2H3/t6-/m0/s1. The van der Waals surface area contributed by atoms with E-state index in [1.165, 1.54) is 0 Å². The van der Waals surface area contributed by atoms with Gasteiger partial charge in [-0.1, -0.05) is 0 Å². The van der Waals surface area contributed by atoms with Crippen LogP contribution in [0, 0.1) is 0 Å². The lowest BCUT2D eigenvalue weighted by Gasteiger charge is -1.99. The quantitative estimate of drug-likeness (QED) is 0.619. The highest BCUT2D eigenvalue weighted by Crippen LogP contribution is 1.99. The van der Waals surface area contributed by atoms with Gasteiger partial charge in [0.1, 0.15) is 5.78 Å². The monoisotopic (exact) mass is 130 g/mol. The SMILES string of the molecule is CC(=O)CCC[C@H](C)O. The number of carbonyl (C=O) groups is 1. The van der Waals surface area contributed by atoms with Gasteiger partial charge in [0, 0.05) is 6.42 Å². The molecule has 0 aromatic rings. The first kappa shape index (κ1) is 8.63. The van der Waals surface area contributed by atoms with Crippen molar-refractivity contribution in [3.05, 3.63) is 0 Å². The van der Waals surface area contributed by atoms with Gasteiger partial charge in [-0.3, -0.25) is 0 Å². The molecule has 9 heavy (non-hydrogen) atoms. The van der Waals surface area contributed by atoms with Gasteiger partial charge in [0.25, 0.3) is 0 Å². The van der Waals surface area contributed by atoms with Crippen molar-refractivity contribution in [3.8, 4) is 0 Å². The van der Waals surface area contributed by atoms with E-state index >= 15 is 0 Å². The molecule has 1 N–H and O–H groups in total. The minimum absolute atomic E-state index is 0.204. The van der Waals surface area contributed by atoms with Crippen LogP contribution in [0.1, 0.15) is 33.1 Å². The number of aliphatic hydroxyl groups is 1. The third-order valence-electron chi connectivity index (χ3n) is 1.15. The molecule has 2 nitrogen and oxygen atoms in total. The zero-order chi connectivity index (χ0) is 7.28. The van der Waals surface area contributed by atoms with Gasteiger partial charge in [0.2, 0.25) is 0 Å². The van der Waals surface area contributed by atoms with Crippen molar-refractivity contribution in [2.45, 2.75) is 39.2 Å². The molecule has 0 aliphatic heterocycles. The first-order valence-electron chi connectivity index (χ1n) is 3.30. The van der Waals surface area contributed by atoms with Crippen LogP contribution in [-0.2, 0) is 4.79 Å². The molecule has 2 heteroatoms. The summed E-state index contributed by atoms with van der Waals surface area (Å²) in [6.07, 6.45) is 1.89. The maximum atomic E-state index is 10.3. The van der Waals surface area contributed by atoms with Gasteiger partial charge < -0.3 is 9.90 Å². The third-order valence-corrected chi connectivity index (χ3v) is 1.15. The van der Waals surface area contributed by atoms with Crippen molar-refractivity contribution in [2.24, 2.45) is 0 Å². The van der Waals surface area contributed by atoms with Gasteiger partial charge in [0.05, 0.1) is 6.10 Å². The van der Waals surface area contributed by atoms with E-state index in [4.69, 9.17) is 5.11 Å². The number of ketones is 1. The Labute approximate surface area is 55.9 Å². The van der Waals surface area contributed by atoms with Crippen LogP contribution < -0.4 is 0 Å². The number of hydrogen-bond donors (Lipinski definition) is 1. The summed E-state index contributed by atoms with van der Waals surface area (Å²) in [6, 6.07) is 0. The highest BCUT2D eigenvalue weighted by atomic mass is 16.3. The highest BCUT2D eigenvalue weighted by molar-refractivity contribution is 5.75. The molecular formula is C7H14O2. The Balaban J connectivity index is 3.01. The summed E-state index contributed by atoms with van der Waals surface area (Å²) in [5.41, 5.74) is 0. The van der Waals surface area contributed by atoms with Crippen LogP contribution in [0.3, 0.4) is 0 Å². The molecular weight excluding hydrogens is 116 g/mol. The number of aliphatic hydroxyl groups excluding tert-OH is 1. The molecule has 0 aliphatic carbocycles. The van der Waals surface area contributed by atoms with Crippen LogP contribution in [0.5, 0.6) is 0 Å². The molecule has 0 aromatic carbocycles. The summed E-state index contributed by atoms with van der Waals surface area (Å²) in [5, 5.41) is 8.75. The number of Topliss-reactive ketones (excluding diaryl/α,β-unsaturated/α-hetero) is 1. The van der Waals surface area contributed by atoms with Gasteiger partial charge in [0.15, 0.2) is 0 Å². The lowest BCUT2D eigenvalue weighted by molar-refractivity contribution is -0.117. The van der Waals surface area contributed by atoms with Crippen molar-refractivity contribution in [2.75, 3.05) is 0 Å². The molecule has 0 rings (SSSR count). The van der Waals surface area contributed by atoms with E-state index in [-0.39, 0.29) is 11.9 Å². The Morgan fingerprint density at radius 2 is 2.22 bits per heavy atom. The summed E-state index contributed by atoms with van der Waals surface area (Å²) >= 11 is 0. The van der Waals surface area contributed by atoms with E-state index in [2.05, 4.69) is 0 Å². The molecule has 1 atom stereocenters. The van der Waals surface area contributed by atoms with Crippen molar-refractivity contribution in [1.29, 1.82) is 0 Å². The molecule has 0 spiro atoms. The molecule has 0 heterocycles. The van der Waals surface area contributed by atoms with E-state index < -0.39 is 0 Å². The fraction of sp³-hybridized carbons (Fsp3) is 0.857. The molecule has 0 bridgehead atoms. The lowest BCUT2D eigenvalue weighted by atomic mass is 10.1. The fourth-order valence-electron chi connectivity index (χ4n) is 0.646. The summed E-state index contributed by atoms with van der Waals surface area (Å²) in [6.45, 7) is 3.31. The Bertz CT molecular complexity index is 86.9. The van der Waals surface area contributed by atoms with Gasteiger partial charge in [-0.05, 0) is 26.7 Å². The maximum Gasteiger partial charge on any atom is 0.129 e. The molecule has 0 fully saturated rings. The number of carbonyl (C=O) groups excluding carboxylic acids is 1.